The van der Waals surface area contributed by atoms with Gasteiger partial charge in [0, 0.05) is 29.4 Å². The third-order valence-corrected chi connectivity index (χ3v) is 2.63. The average molecular weight is 223 g/mol. The van der Waals surface area contributed by atoms with Crippen molar-refractivity contribution in [3.8, 4) is 11.3 Å². The van der Waals surface area contributed by atoms with Gasteiger partial charge in [-0.05, 0) is 11.5 Å². The lowest BCUT2D eigenvalue weighted by Gasteiger charge is -2.04. The van der Waals surface area contributed by atoms with Crippen molar-refractivity contribution >= 4 is 10.8 Å². The first-order valence-corrected chi connectivity index (χ1v) is 5.22. The molecular formula is C13H9N3O. The number of H-pyrrole nitrogens is 1. The number of rotatable bonds is 1. The van der Waals surface area contributed by atoms with Crippen LogP contribution in [0.3, 0.4) is 0 Å². The van der Waals surface area contributed by atoms with Crippen molar-refractivity contribution < 1.29 is 0 Å². The molecule has 1 N–H and O–H groups in total. The Kier molecular flexibility index (Phi) is 2.19. The molecule has 0 saturated heterocycles. The first kappa shape index (κ1) is 9.72. The molecule has 0 radical (unpaired) electrons. The summed E-state index contributed by atoms with van der Waals surface area (Å²) in [5.41, 5.74) is 1.46. The molecule has 2 heterocycles. The van der Waals surface area contributed by atoms with Crippen molar-refractivity contribution in [2.24, 2.45) is 0 Å². The van der Waals surface area contributed by atoms with E-state index in [2.05, 4.69) is 15.0 Å². The minimum Gasteiger partial charge on any atom is -0.313 e. The van der Waals surface area contributed by atoms with Crippen LogP contribution in [0.5, 0.6) is 0 Å². The average Bonchev–Trinajstić information content (AvgIpc) is 2.38. The lowest BCUT2D eigenvalue weighted by atomic mass is 10.0. The Labute approximate surface area is 97.0 Å². The second kappa shape index (κ2) is 3.83. The van der Waals surface area contributed by atoms with Crippen LogP contribution >= 0.6 is 0 Å². The number of pyridine rings is 1. The highest BCUT2D eigenvalue weighted by molar-refractivity contribution is 5.95. The zero-order valence-electron chi connectivity index (χ0n) is 8.92. The Bertz CT molecular complexity index is 728. The summed E-state index contributed by atoms with van der Waals surface area (Å²) in [5.74, 6) is 0. The largest absolute Gasteiger partial charge is 0.313 e. The van der Waals surface area contributed by atoms with E-state index in [4.69, 9.17) is 0 Å². The number of hydrogen-bond acceptors (Lipinski definition) is 3. The van der Waals surface area contributed by atoms with Crippen molar-refractivity contribution in [3.05, 3.63) is 59.4 Å². The van der Waals surface area contributed by atoms with Gasteiger partial charge in [-0.25, -0.2) is 4.98 Å². The molecule has 0 saturated carbocycles. The molecule has 1 aromatic carbocycles. The zero-order chi connectivity index (χ0) is 11.7. The molecule has 0 aliphatic rings. The molecule has 0 amide bonds. The van der Waals surface area contributed by atoms with E-state index in [9.17, 15) is 4.79 Å². The molecule has 17 heavy (non-hydrogen) atoms. The Morgan fingerprint density at radius 2 is 2.12 bits per heavy atom. The summed E-state index contributed by atoms with van der Waals surface area (Å²) in [5, 5.41) is 2.08. The van der Waals surface area contributed by atoms with Crippen LogP contribution in [0.2, 0.25) is 0 Å². The van der Waals surface area contributed by atoms with Gasteiger partial charge in [0.2, 0.25) is 0 Å². The van der Waals surface area contributed by atoms with E-state index in [1.807, 2.05) is 24.3 Å². The van der Waals surface area contributed by atoms with Gasteiger partial charge in [0.05, 0.1) is 12.0 Å². The van der Waals surface area contributed by atoms with Crippen LogP contribution in [0.25, 0.3) is 22.0 Å². The van der Waals surface area contributed by atoms with Gasteiger partial charge in [0.1, 0.15) is 0 Å². The molecule has 0 spiro atoms. The Hall–Kier alpha value is -2.49. The molecule has 3 aromatic rings. The van der Waals surface area contributed by atoms with E-state index in [0.29, 0.717) is 5.69 Å². The number of hydrogen-bond donors (Lipinski definition) is 1. The number of nitrogens with zero attached hydrogens (tertiary/aromatic N) is 2. The molecule has 3 rings (SSSR count). The fourth-order valence-corrected chi connectivity index (χ4v) is 1.86. The number of aromatic nitrogens is 3. The second-order valence-electron chi connectivity index (χ2n) is 3.70. The molecule has 2 aromatic heterocycles. The summed E-state index contributed by atoms with van der Waals surface area (Å²) in [6, 6.07) is 9.29. The maximum atomic E-state index is 11.3. The number of nitrogens with one attached hydrogen (secondary N) is 1. The summed E-state index contributed by atoms with van der Waals surface area (Å²) in [6.07, 6.45) is 4.95. The van der Waals surface area contributed by atoms with Crippen LogP contribution in [0.4, 0.5) is 0 Å². The topological polar surface area (TPSA) is 58.6 Å². The SMILES string of the molecule is O=c1cc(-c2cccc3cnccc23)nc[nH]1. The Morgan fingerprint density at radius 3 is 3.00 bits per heavy atom. The fraction of sp³-hybridized carbons (Fsp3) is 0. The number of benzene rings is 1. The highest BCUT2D eigenvalue weighted by atomic mass is 16.1. The van der Waals surface area contributed by atoms with Gasteiger partial charge < -0.3 is 4.98 Å². The summed E-state index contributed by atoms with van der Waals surface area (Å²) < 4.78 is 0. The Morgan fingerprint density at radius 1 is 1.18 bits per heavy atom. The van der Waals surface area contributed by atoms with E-state index in [0.717, 1.165) is 16.3 Å². The molecule has 0 fully saturated rings. The third-order valence-electron chi connectivity index (χ3n) is 2.63. The highest BCUT2D eigenvalue weighted by Crippen LogP contribution is 2.25. The summed E-state index contributed by atoms with van der Waals surface area (Å²) in [6.45, 7) is 0. The van der Waals surface area contributed by atoms with Crippen LogP contribution < -0.4 is 5.56 Å². The first-order chi connectivity index (χ1) is 8.34. The van der Waals surface area contributed by atoms with E-state index in [1.54, 1.807) is 12.4 Å². The smallest absolute Gasteiger partial charge is 0.251 e. The first-order valence-electron chi connectivity index (χ1n) is 5.22. The van der Waals surface area contributed by atoms with Gasteiger partial charge in [0.15, 0.2) is 0 Å². The van der Waals surface area contributed by atoms with Gasteiger partial charge in [-0.15, -0.1) is 0 Å². The van der Waals surface area contributed by atoms with Gasteiger partial charge in [-0.3, -0.25) is 9.78 Å². The predicted molar refractivity (Wildman–Crippen MR) is 65.6 cm³/mol. The predicted octanol–water partition coefficient (Wildman–Crippen LogP) is 1.99. The van der Waals surface area contributed by atoms with E-state index in [1.165, 1.54) is 12.4 Å². The Balaban J connectivity index is 2.34. The molecule has 0 aliphatic carbocycles. The van der Waals surface area contributed by atoms with Gasteiger partial charge >= 0.3 is 0 Å². The fourth-order valence-electron chi connectivity index (χ4n) is 1.86. The molecule has 0 unspecified atom stereocenters. The van der Waals surface area contributed by atoms with E-state index in [-0.39, 0.29) is 5.56 Å². The third kappa shape index (κ3) is 1.69. The monoisotopic (exact) mass is 223 g/mol. The number of aromatic amines is 1. The maximum Gasteiger partial charge on any atom is 0.251 e. The van der Waals surface area contributed by atoms with E-state index >= 15 is 0 Å². The minimum atomic E-state index is -0.152. The van der Waals surface area contributed by atoms with Crippen LogP contribution in [-0.2, 0) is 0 Å². The second-order valence-corrected chi connectivity index (χ2v) is 3.70. The quantitative estimate of drug-likeness (QED) is 0.686. The van der Waals surface area contributed by atoms with Crippen molar-refractivity contribution in [3.63, 3.8) is 0 Å². The molecule has 0 atom stereocenters. The lowest BCUT2D eigenvalue weighted by Crippen LogP contribution is -2.04. The minimum absolute atomic E-state index is 0.152. The van der Waals surface area contributed by atoms with Crippen LogP contribution in [0.1, 0.15) is 0 Å². The van der Waals surface area contributed by atoms with Gasteiger partial charge in [-0.1, -0.05) is 18.2 Å². The number of fused-ring (bicyclic) bond motifs is 1. The molecule has 82 valence electrons. The van der Waals surface area contributed by atoms with Crippen LogP contribution in [-0.4, -0.2) is 15.0 Å². The van der Waals surface area contributed by atoms with Gasteiger partial charge in [-0.2, -0.15) is 0 Å². The molecule has 0 bridgehead atoms. The molecule has 4 heteroatoms. The maximum absolute atomic E-state index is 11.3. The van der Waals surface area contributed by atoms with Crippen molar-refractivity contribution in [1.82, 2.24) is 15.0 Å². The van der Waals surface area contributed by atoms with Crippen molar-refractivity contribution in [1.29, 1.82) is 0 Å². The van der Waals surface area contributed by atoms with Crippen molar-refractivity contribution in [2.75, 3.05) is 0 Å². The van der Waals surface area contributed by atoms with Gasteiger partial charge in [0.25, 0.3) is 5.56 Å². The molecular weight excluding hydrogens is 214 g/mol. The normalized spacial score (nSPS) is 10.6. The van der Waals surface area contributed by atoms with Crippen molar-refractivity contribution in [2.45, 2.75) is 0 Å². The zero-order valence-corrected chi connectivity index (χ0v) is 8.92. The molecule has 0 aliphatic heterocycles. The standard InChI is InChI=1S/C13H9N3O/c17-13-6-12(15-8-16-13)11-3-1-2-9-7-14-5-4-10(9)11/h1-8H,(H,15,16,17). The summed E-state index contributed by atoms with van der Waals surface area (Å²) in [7, 11) is 0. The molecule has 4 nitrogen and oxygen atoms in total. The van der Waals surface area contributed by atoms with Crippen LogP contribution in [0.15, 0.2) is 53.8 Å². The lowest BCUT2D eigenvalue weighted by molar-refractivity contribution is 1.12. The highest BCUT2D eigenvalue weighted by Gasteiger charge is 2.04. The summed E-state index contributed by atoms with van der Waals surface area (Å²) in [4.78, 5) is 22.1. The van der Waals surface area contributed by atoms with Crippen LogP contribution in [0, 0.1) is 0 Å². The van der Waals surface area contributed by atoms with E-state index < -0.39 is 0 Å². The summed E-state index contributed by atoms with van der Waals surface area (Å²) >= 11 is 0.